The van der Waals surface area contributed by atoms with Crippen LogP contribution in [0.4, 0.5) is 5.69 Å². The van der Waals surface area contributed by atoms with Gasteiger partial charge in [0.15, 0.2) is 0 Å². The maximum absolute atomic E-state index is 5.57. The van der Waals surface area contributed by atoms with Gasteiger partial charge in [0, 0.05) is 15.8 Å². The molecule has 1 aromatic carbocycles. The van der Waals surface area contributed by atoms with Crippen LogP contribution in [0.25, 0.3) is 10.9 Å². The van der Waals surface area contributed by atoms with Crippen LogP contribution in [0.2, 0.25) is 0 Å². The third-order valence-corrected chi connectivity index (χ3v) is 3.70. The van der Waals surface area contributed by atoms with Crippen molar-refractivity contribution in [2.24, 2.45) is 5.84 Å². The van der Waals surface area contributed by atoms with Gasteiger partial charge in [-0.2, -0.15) is 0 Å². The number of fused-ring (bicyclic) bond motifs is 1. The summed E-state index contributed by atoms with van der Waals surface area (Å²) in [4.78, 5) is 4.73. The summed E-state index contributed by atoms with van der Waals surface area (Å²) in [7, 11) is 0. The first-order valence-electron chi connectivity index (χ1n) is 5.73. The highest BCUT2D eigenvalue weighted by molar-refractivity contribution is 9.10. The van der Waals surface area contributed by atoms with Gasteiger partial charge in [-0.05, 0) is 34.5 Å². The highest BCUT2D eigenvalue weighted by atomic mass is 79.9. The van der Waals surface area contributed by atoms with Gasteiger partial charge in [-0.25, -0.2) is 4.98 Å². The number of benzene rings is 1. The Hall–Kier alpha value is -1.13. The van der Waals surface area contributed by atoms with Gasteiger partial charge in [0.1, 0.15) is 0 Å². The number of halogens is 1. The number of pyridine rings is 1. The SMILES string of the molecule is CCC(C)c1nc2c(Br)cccc2cc1NN. The van der Waals surface area contributed by atoms with Crippen molar-refractivity contribution in [2.45, 2.75) is 26.2 Å². The number of nitrogens with one attached hydrogen (secondary N) is 1. The minimum absolute atomic E-state index is 0.387. The molecule has 0 amide bonds. The normalized spacial score (nSPS) is 12.7. The summed E-state index contributed by atoms with van der Waals surface area (Å²) in [5.74, 6) is 5.96. The number of hydrazine groups is 1. The lowest BCUT2D eigenvalue weighted by Crippen LogP contribution is -2.12. The summed E-state index contributed by atoms with van der Waals surface area (Å²) < 4.78 is 1.02. The van der Waals surface area contributed by atoms with Crippen LogP contribution < -0.4 is 11.3 Å². The van der Waals surface area contributed by atoms with E-state index >= 15 is 0 Å². The number of hydrogen-bond acceptors (Lipinski definition) is 3. The van der Waals surface area contributed by atoms with Gasteiger partial charge in [-0.3, -0.25) is 5.84 Å². The van der Waals surface area contributed by atoms with Crippen LogP contribution in [0.1, 0.15) is 31.9 Å². The predicted octanol–water partition coefficient (Wildman–Crippen LogP) is 3.80. The zero-order valence-corrected chi connectivity index (χ0v) is 11.6. The van der Waals surface area contributed by atoms with Crippen molar-refractivity contribution in [1.29, 1.82) is 0 Å². The van der Waals surface area contributed by atoms with Gasteiger partial charge in [-0.1, -0.05) is 26.0 Å². The van der Waals surface area contributed by atoms with Crippen molar-refractivity contribution in [1.82, 2.24) is 4.98 Å². The number of nitrogens with two attached hydrogens (primary N) is 1. The molecule has 0 aliphatic rings. The molecule has 1 heterocycles. The zero-order valence-electron chi connectivity index (χ0n) is 10.00. The summed E-state index contributed by atoms with van der Waals surface area (Å²) in [6.07, 6.45) is 1.04. The van der Waals surface area contributed by atoms with E-state index < -0.39 is 0 Å². The van der Waals surface area contributed by atoms with E-state index in [4.69, 9.17) is 10.8 Å². The third-order valence-electron chi connectivity index (χ3n) is 3.06. The fraction of sp³-hybridized carbons (Fsp3) is 0.308. The van der Waals surface area contributed by atoms with E-state index in [-0.39, 0.29) is 0 Å². The Morgan fingerprint density at radius 1 is 1.47 bits per heavy atom. The fourth-order valence-electron chi connectivity index (χ4n) is 1.86. The average molecular weight is 294 g/mol. The number of rotatable bonds is 3. The van der Waals surface area contributed by atoms with E-state index in [9.17, 15) is 0 Å². The van der Waals surface area contributed by atoms with Gasteiger partial charge in [0.05, 0.1) is 16.9 Å². The van der Waals surface area contributed by atoms with Gasteiger partial charge < -0.3 is 5.43 Å². The molecule has 0 bridgehead atoms. The Morgan fingerprint density at radius 2 is 2.24 bits per heavy atom. The van der Waals surface area contributed by atoms with E-state index in [1.165, 1.54) is 0 Å². The molecule has 2 rings (SSSR count). The van der Waals surface area contributed by atoms with Crippen molar-refractivity contribution >= 4 is 32.5 Å². The van der Waals surface area contributed by atoms with E-state index in [0.29, 0.717) is 5.92 Å². The molecule has 0 fully saturated rings. The first-order chi connectivity index (χ1) is 8.17. The molecule has 0 spiro atoms. The van der Waals surface area contributed by atoms with E-state index in [0.717, 1.165) is 33.2 Å². The maximum Gasteiger partial charge on any atom is 0.0849 e. The number of aromatic nitrogens is 1. The van der Waals surface area contributed by atoms with E-state index in [1.54, 1.807) is 0 Å². The first kappa shape index (κ1) is 12.3. The monoisotopic (exact) mass is 293 g/mol. The van der Waals surface area contributed by atoms with Crippen LogP contribution in [-0.4, -0.2) is 4.98 Å². The van der Waals surface area contributed by atoms with Crippen LogP contribution >= 0.6 is 15.9 Å². The van der Waals surface area contributed by atoms with Crippen LogP contribution in [0.5, 0.6) is 0 Å². The Balaban J connectivity index is 2.70. The molecule has 0 saturated heterocycles. The van der Waals surface area contributed by atoms with Crippen LogP contribution in [0.3, 0.4) is 0 Å². The molecule has 1 atom stereocenters. The predicted molar refractivity (Wildman–Crippen MR) is 76.0 cm³/mol. The lowest BCUT2D eigenvalue weighted by atomic mass is 10.0. The molecule has 17 heavy (non-hydrogen) atoms. The van der Waals surface area contributed by atoms with Gasteiger partial charge in [-0.15, -0.1) is 0 Å². The molecular formula is C13H16BrN3. The largest absolute Gasteiger partial charge is 0.322 e. The number of nitrogen functional groups attached to an aromatic ring is 1. The second kappa shape index (κ2) is 5.02. The minimum atomic E-state index is 0.387. The van der Waals surface area contributed by atoms with E-state index in [2.05, 4.69) is 41.3 Å². The summed E-state index contributed by atoms with van der Waals surface area (Å²) in [6.45, 7) is 4.31. The molecule has 3 nitrogen and oxygen atoms in total. The molecule has 4 heteroatoms. The molecule has 3 N–H and O–H groups in total. The summed E-state index contributed by atoms with van der Waals surface area (Å²) in [6, 6.07) is 8.09. The molecule has 0 saturated carbocycles. The highest BCUT2D eigenvalue weighted by Crippen LogP contribution is 2.30. The molecule has 0 aliphatic carbocycles. The van der Waals surface area contributed by atoms with Crippen molar-refractivity contribution < 1.29 is 0 Å². The maximum atomic E-state index is 5.57. The molecule has 1 aromatic heterocycles. The fourth-order valence-corrected chi connectivity index (χ4v) is 2.33. The average Bonchev–Trinajstić information content (AvgIpc) is 2.37. The van der Waals surface area contributed by atoms with Crippen LogP contribution in [0, 0.1) is 0 Å². The second-order valence-corrected chi connectivity index (χ2v) is 5.04. The zero-order chi connectivity index (χ0) is 12.4. The Kier molecular flexibility index (Phi) is 3.64. The Morgan fingerprint density at radius 3 is 2.88 bits per heavy atom. The minimum Gasteiger partial charge on any atom is -0.322 e. The van der Waals surface area contributed by atoms with Crippen molar-refractivity contribution in [3.05, 3.63) is 34.4 Å². The van der Waals surface area contributed by atoms with Crippen molar-refractivity contribution in [2.75, 3.05) is 5.43 Å². The van der Waals surface area contributed by atoms with Crippen molar-refractivity contribution in [3.8, 4) is 0 Å². The van der Waals surface area contributed by atoms with Gasteiger partial charge >= 0.3 is 0 Å². The molecule has 0 radical (unpaired) electrons. The molecule has 1 unspecified atom stereocenters. The van der Waals surface area contributed by atoms with E-state index in [1.807, 2.05) is 18.2 Å². The smallest absolute Gasteiger partial charge is 0.0849 e. The number of nitrogens with zero attached hydrogens (tertiary/aromatic N) is 1. The lowest BCUT2D eigenvalue weighted by Gasteiger charge is -2.15. The third kappa shape index (κ3) is 2.28. The Bertz CT molecular complexity index is 539. The van der Waals surface area contributed by atoms with Crippen LogP contribution in [0.15, 0.2) is 28.7 Å². The quantitative estimate of drug-likeness (QED) is 0.669. The van der Waals surface area contributed by atoms with Gasteiger partial charge in [0.2, 0.25) is 0 Å². The summed E-state index contributed by atoms with van der Waals surface area (Å²) in [5.41, 5.74) is 5.66. The summed E-state index contributed by atoms with van der Waals surface area (Å²) >= 11 is 3.53. The molecule has 90 valence electrons. The molecule has 2 aromatic rings. The number of hydrogen-bond donors (Lipinski definition) is 2. The standard InChI is InChI=1S/C13H16BrN3/c1-3-8(2)12-11(17-15)7-9-5-4-6-10(14)13(9)16-12/h4-8,17H,3,15H2,1-2H3. The lowest BCUT2D eigenvalue weighted by molar-refractivity contribution is 0.713. The summed E-state index contributed by atoms with van der Waals surface area (Å²) in [5, 5.41) is 1.08. The number of para-hydroxylation sites is 1. The van der Waals surface area contributed by atoms with Crippen molar-refractivity contribution in [3.63, 3.8) is 0 Å². The topological polar surface area (TPSA) is 50.9 Å². The van der Waals surface area contributed by atoms with Crippen LogP contribution in [-0.2, 0) is 0 Å². The highest BCUT2D eigenvalue weighted by Gasteiger charge is 2.12. The van der Waals surface area contributed by atoms with Gasteiger partial charge in [0.25, 0.3) is 0 Å². The number of anilines is 1. The molecule has 0 aliphatic heterocycles. The Labute approximate surface area is 110 Å². The second-order valence-electron chi connectivity index (χ2n) is 4.19. The molecular weight excluding hydrogens is 278 g/mol. The first-order valence-corrected chi connectivity index (χ1v) is 6.52.